The molecule has 2 rings (SSSR count). The van der Waals surface area contributed by atoms with Crippen molar-refractivity contribution in [2.45, 2.75) is 31.7 Å². The largest absolute Gasteiger partial charge is 0.322 e. The summed E-state index contributed by atoms with van der Waals surface area (Å²) in [6.07, 6.45) is 3.79. The van der Waals surface area contributed by atoms with Gasteiger partial charge in [-0.25, -0.2) is 0 Å². The zero-order valence-electron chi connectivity index (χ0n) is 7.61. The molecule has 2 N–H and O–H groups in total. The zero-order chi connectivity index (χ0) is 9.52. The molecule has 1 atom stereocenters. The standard InChI is InChI=1S/C6H11NO.C4H4S/c7-5-3-1-2-4-6(5)8;1-2-4-5-3-1/h5H,1-4,7H2;1-4H. The minimum Gasteiger partial charge on any atom is -0.322 e. The highest BCUT2D eigenvalue weighted by Crippen LogP contribution is 2.11. The fourth-order valence-corrected chi connectivity index (χ4v) is 1.69. The number of nitrogens with two attached hydrogens (primary N) is 1. The quantitative estimate of drug-likeness (QED) is 0.693. The molecule has 0 aromatic carbocycles. The number of carbonyl (C=O) groups is 1. The Morgan fingerprint density at radius 3 is 2.31 bits per heavy atom. The van der Waals surface area contributed by atoms with Crippen LogP contribution in [0.15, 0.2) is 22.9 Å². The van der Waals surface area contributed by atoms with Gasteiger partial charge in [0.2, 0.25) is 0 Å². The molecule has 1 aliphatic carbocycles. The molecule has 13 heavy (non-hydrogen) atoms. The molecular weight excluding hydrogens is 182 g/mol. The highest BCUT2D eigenvalue weighted by molar-refractivity contribution is 7.07. The molecule has 1 heterocycles. The van der Waals surface area contributed by atoms with Gasteiger partial charge in [-0.05, 0) is 23.6 Å². The summed E-state index contributed by atoms with van der Waals surface area (Å²) in [4.78, 5) is 10.7. The van der Waals surface area contributed by atoms with Gasteiger partial charge in [-0.15, -0.1) is 0 Å². The number of thiophene rings is 1. The first kappa shape index (κ1) is 10.4. The van der Waals surface area contributed by atoms with Crippen LogP contribution in [0.25, 0.3) is 0 Å². The molecule has 1 aromatic heterocycles. The Morgan fingerprint density at radius 2 is 2.00 bits per heavy atom. The summed E-state index contributed by atoms with van der Waals surface area (Å²) in [5, 5.41) is 4.08. The van der Waals surface area contributed by atoms with Crippen molar-refractivity contribution in [1.29, 1.82) is 0 Å². The van der Waals surface area contributed by atoms with Crippen LogP contribution < -0.4 is 5.73 Å². The van der Waals surface area contributed by atoms with Crippen LogP contribution in [0.4, 0.5) is 0 Å². The molecule has 0 spiro atoms. The maximum Gasteiger partial charge on any atom is 0.149 e. The number of carbonyl (C=O) groups excluding carboxylic acids is 1. The van der Waals surface area contributed by atoms with Gasteiger partial charge < -0.3 is 5.73 Å². The van der Waals surface area contributed by atoms with Gasteiger partial charge in [-0.1, -0.05) is 18.6 Å². The minimum atomic E-state index is -0.135. The molecule has 0 saturated heterocycles. The van der Waals surface area contributed by atoms with Crippen molar-refractivity contribution < 1.29 is 4.79 Å². The van der Waals surface area contributed by atoms with E-state index in [1.165, 1.54) is 0 Å². The molecule has 0 amide bonds. The molecule has 72 valence electrons. The molecule has 2 nitrogen and oxygen atoms in total. The second-order valence-electron chi connectivity index (χ2n) is 3.11. The van der Waals surface area contributed by atoms with Crippen molar-refractivity contribution in [3.63, 3.8) is 0 Å². The van der Waals surface area contributed by atoms with E-state index in [1.54, 1.807) is 11.3 Å². The number of ketones is 1. The number of hydrogen-bond donors (Lipinski definition) is 1. The third-order valence-electron chi connectivity index (χ3n) is 2.03. The van der Waals surface area contributed by atoms with Gasteiger partial charge in [-0.2, -0.15) is 11.3 Å². The van der Waals surface area contributed by atoms with Crippen LogP contribution in [-0.4, -0.2) is 11.8 Å². The van der Waals surface area contributed by atoms with E-state index in [0.717, 1.165) is 19.3 Å². The summed E-state index contributed by atoms with van der Waals surface area (Å²) in [6.45, 7) is 0. The minimum absolute atomic E-state index is 0.135. The Labute approximate surface area is 82.8 Å². The van der Waals surface area contributed by atoms with Gasteiger partial charge in [0.15, 0.2) is 0 Å². The Kier molecular flexibility index (Phi) is 4.72. The molecule has 1 saturated carbocycles. The van der Waals surface area contributed by atoms with Crippen LogP contribution in [0.3, 0.4) is 0 Å². The van der Waals surface area contributed by atoms with Crippen LogP contribution in [0, 0.1) is 0 Å². The molecule has 1 aromatic rings. The van der Waals surface area contributed by atoms with Crippen LogP contribution in [0.1, 0.15) is 25.7 Å². The van der Waals surface area contributed by atoms with Gasteiger partial charge in [0.1, 0.15) is 5.78 Å². The molecule has 3 heteroatoms. The highest BCUT2D eigenvalue weighted by Gasteiger charge is 2.16. The molecular formula is C10H15NOS. The lowest BCUT2D eigenvalue weighted by atomic mass is 9.95. The lowest BCUT2D eigenvalue weighted by Crippen LogP contribution is -2.32. The van der Waals surface area contributed by atoms with E-state index in [1.807, 2.05) is 22.9 Å². The van der Waals surface area contributed by atoms with Gasteiger partial charge in [0, 0.05) is 6.42 Å². The zero-order valence-corrected chi connectivity index (χ0v) is 8.43. The predicted molar refractivity (Wildman–Crippen MR) is 55.8 cm³/mol. The van der Waals surface area contributed by atoms with Crippen molar-refractivity contribution in [3.8, 4) is 0 Å². The molecule has 1 unspecified atom stereocenters. The maximum atomic E-state index is 10.7. The summed E-state index contributed by atoms with van der Waals surface area (Å²) in [5.74, 6) is 0.247. The van der Waals surface area contributed by atoms with Gasteiger partial charge >= 0.3 is 0 Å². The smallest absolute Gasteiger partial charge is 0.149 e. The molecule has 0 radical (unpaired) electrons. The number of hydrogen-bond acceptors (Lipinski definition) is 3. The first-order valence-electron chi connectivity index (χ1n) is 4.56. The van der Waals surface area contributed by atoms with E-state index in [9.17, 15) is 4.79 Å². The number of rotatable bonds is 0. The second kappa shape index (κ2) is 5.89. The summed E-state index contributed by atoms with van der Waals surface area (Å²) in [7, 11) is 0. The summed E-state index contributed by atoms with van der Waals surface area (Å²) < 4.78 is 0. The fraction of sp³-hybridized carbons (Fsp3) is 0.500. The third-order valence-corrected chi connectivity index (χ3v) is 2.66. The van der Waals surface area contributed by atoms with Crippen molar-refractivity contribution in [3.05, 3.63) is 22.9 Å². The lowest BCUT2D eigenvalue weighted by Gasteiger charge is -2.14. The van der Waals surface area contributed by atoms with E-state index < -0.39 is 0 Å². The molecule has 0 aliphatic heterocycles. The average molecular weight is 197 g/mol. The van der Waals surface area contributed by atoms with Crippen LogP contribution >= 0.6 is 11.3 Å². The van der Waals surface area contributed by atoms with E-state index in [-0.39, 0.29) is 11.8 Å². The summed E-state index contributed by atoms with van der Waals surface area (Å²) >= 11 is 1.71. The van der Waals surface area contributed by atoms with E-state index in [0.29, 0.717) is 6.42 Å². The molecule has 0 bridgehead atoms. The average Bonchev–Trinajstić information content (AvgIpc) is 2.68. The lowest BCUT2D eigenvalue weighted by molar-refractivity contribution is -0.121. The van der Waals surface area contributed by atoms with Crippen LogP contribution in [-0.2, 0) is 4.79 Å². The predicted octanol–water partition coefficient (Wildman–Crippen LogP) is 2.20. The van der Waals surface area contributed by atoms with Crippen LogP contribution in [0.2, 0.25) is 0 Å². The van der Waals surface area contributed by atoms with Crippen molar-refractivity contribution in [1.82, 2.24) is 0 Å². The SMILES string of the molecule is NC1CCCCC1=O.c1ccsc1. The molecule has 1 fully saturated rings. The van der Waals surface area contributed by atoms with E-state index in [4.69, 9.17) is 5.73 Å². The monoisotopic (exact) mass is 197 g/mol. The van der Waals surface area contributed by atoms with Gasteiger partial charge in [-0.3, -0.25) is 4.79 Å². The Morgan fingerprint density at radius 1 is 1.31 bits per heavy atom. The van der Waals surface area contributed by atoms with E-state index >= 15 is 0 Å². The van der Waals surface area contributed by atoms with Crippen molar-refractivity contribution in [2.24, 2.45) is 5.73 Å². The highest BCUT2D eigenvalue weighted by atomic mass is 32.1. The summed E-state index contributed by atoms with van der Waals surface area (Å²) in [5.41, 5.74) is 5.43. The Balaban J connectivity index is 0.000000145. The topological polar surface area (TPSA) is 43.1 Å². The van der Waals surface area contributed by atoms with E-state index in [2.05, 4.69) is 0 Å². The normalized spacial score (nSPS) is 21.9. The van der Waals surface area contributed by atoms with Gasteiger partial charge in [0.05, 0.1) is 6.04 Å². The number of Topliss-reactive ketones (excluding diaryl/α,β-unsaturated/α-hetero) is 1. The van der Waals surface area contributed by atoms with Crippen molar-refractivity contribution >= 4 is 17.1 Å². The molecule has 1 aliphatic rings. The second-order valence-corrected chi connectivity index (χ2v) is 3.93. The first-order valence-corrected chi connectivity index (χ1v) is 5.50. The first-order chi connectivity index (χ1) is 6.30. The maximum absolute atomic E-state index is 10.7. The summed E-state index contributed by atoms with van der Waals surface area (Å²) in [6, 6.07) is 3.90. The van der Waals surface area contributed by atoms with Gasteiger partial charge in [0.25, 0.3) is 0 Å². The Hall–Kier alpha value is -0.670. The fourth-order valence-electron chi connectivity index (χ4n) is 1.24. The van der Waals surface area contributed by atoms with Crippen molar-refractivity contribution in [2.75, 3.05) is 0 Å². The Bertz CT molecular complexity index is 216. The van der Waals surface area contributed by atoms with Crippen LogP contribution in [0.5, 0.6) is 0 Å². The third kappa shape index (κ3) is 4.20.